The molecule has 1 aromatic carbocycles. The minimum absolute atomic E-state index is 0.135. The van der Waals surface area contributed by atoms with Crippen LogP contribution in [0.25, 0.3) is 0 Å². The van der Waals surface area contributed by atoms with Gasteiger partial charge in [0.25, 0.3) is 0 Å². The molecule has 1 amide bonds. The minimum atomic E-state index is -3.74. The van der Waals surface area contributed by atoms with Gasteiger partial charge in [-0.15, -0.1) is 8.78 Å². The summed E-state index contributed by atoms with van der Waals surface area (Å²) in [5.41, 5.74) is -1.03. The number of anilines is 1. The Kier molecular flexibility index (Phi) is 4.36. The largest absolute Gasteiger partial charge is 0.586 e. The first-order valence-corrected chi connectivity index (χ1v) is 9.68. The molecule has 10 heteroatoms. The molecular formula is C15H18F2N2O5S. The molecule has 0 aromatic heterocycles. The van der Waals surface area contributed by atoms with Crippen molar-refractivity contribution in [1.29, 1.82) is 0 Å². The number of nitrogens with one attached hydrogen (secondary N) is 2. The van der Waals surface area contributed by atoms with Gasteiger partial charge >= 0.3 is 6.29 Å². The molecule has 0 radical (unpaired) electrons. The van der Waals surface area contributed by atoms with Gasteiger partial charge in [-0.3, -0.25) is 4.79 Å². The zero-order valence-corrected chi connectivity index (χ0v) is 14.3. The molecule has 3 rings (SSSR count). The maximum atomic E-state index is 13.1. The maximum absolute atomic E-state index is 13.1. The van der Waals surface area contributed by atoms with E-state index in [1.165, 1.54) is 18.2 Å². The summed E-state index contributed by atoms with van der Waals surface area (Å²) >= 11 is 0. The van der Waals surface area contributed by atoms with Crippen molar-refractivity contribution in [3.05, 3.63) is 18.2 Å². The second-order valence-electron chi connectivity index (χ2n) is 6.30. The Morgan fingerprint density at radius 1 is 1.12 bits per heavy atom. The first-order valence-electron chi connectivity index (χ1n) is 7.79. The highest BCUT2D eigenvalue weighted by Gasteiger charge is 2.44. The van der Waals surface area contributed by atoms with E-state index in [9.17, 15) is 22.0 Å². The summed E-state index contributed by atoms with van der Waals surface area (Å²) in [5, 5.41) is 2.59. The third-order valence-corrected chi connectivity index (χ3v) is 4.94. The van der Waals surface area contributed by atoms with Crippen LogP contribution >= 0.6 is 0 Å². The summed E-state index contributed by atoms with van der Waals surface area (Å²) in [5.74, 6) is -0.857. The quantitative estimate of drug-likeness (QED) is 0.840. The van der Waals surface area contributed by atoms with Crippen molar-refractivity contribution in [3.8, 4) is 11.5 Å². The first-order chi connectivity index (χ1) is 11.6. The fraction of sp³-hybridized carbons (Fsp3) is 0.533. The van der Waals surface area contributed by atoms with Crippen molar-refractivity contribution in [2.45, 2.75) is 43.9 Å². The number of rotatable bonds is 4. The number of amides is 1. The van der Waals surface area contributed by atoms with Gasteiger partial charge in [0.2, 0.25) is 15.9 Å². The minimum Gasteiger partial charge on any atom is -0.395 e. The fourth-order valence-electron chi connectivity index (χ4n) is 3.16. The predicted molar refractivity (Wildman–Crippen MR) is 85.1 cm³/mol. The Morgan fingerprint density at radius 3 is 2.40 bits per heavy atom. The van der Waals surface area contributed by atoms with E-state index in [1.54, 1.807) is 0 Å². The molecule has 0 bridgehead atoms. The molecule has 7 nitrogen and oxygen atoms in total. The van der Waals surface area contributed by atoms with E-state index in [-0.39, 0.29) is 17.2 Å². The number of ether oxygens (including phenoxy) is 2. The van der Waals surface area contributed by atoms with Gasteiger partial charge in [0, 0.05) is 11.8 Å². The lowest BCUT2D eigenvalue weighted by Gasteiger charge is -2.35. The molecule has 0 spiro atoms. The Hall–Kier alpha value is -1.94. The number of alkyl halides is 2. The Bertz CT molecular complexity index is 791. The van der Waals surface area contributed by atoms with Gasteiger partial charge in [-0.05, 0) is 25.0 Å². The summed E-state index contributed by atoms with van der Waals surface area (Å²) in [6.07, 6.45) is 0.335. The van der Waals surface area contributed by atoms with Crippen molar-refractivity contribution < 1.29 is 31.5 Å². The lowest BCUT2D eigenvalue weighted by molar-refractivity contribution is -0.286. The normalized spacial score (nSPS) is 20.9. The molecule has 138 valence electrons. The van der Waals surface area contributed by atoms with E-state index in [4.69, 9.17) is 0 Å². The van der Waals surface area contributed by atoms with Gasteiger partial charge in [0.05, 0.1) is 6.26 Å². The van der Waals surface area contributed by atoms with Crippen LogP contribution in [-0.2, 0) is 14.8 Å². The average molecular weight is 376 g/mol. The molecule has 1 heterocycles. The zero-order chi connectivity index (χ0) is 18.3. The summed E-state index contributed by atoms with van der Waals surface area (Å²) in [7, 11) is -3.60. The van der Waals surface area contributed by atoms with E-state index in [1.807, 2.05) is 0 Å². The van der Waals surface area contributed by atoms with Crippen LogP contribution in [0.3, 0.4) is 0 Å². The fourth-order valence-corrected chi connectivity index (χ4v) is 4.17. The predicted octanol–water partition coefficient (Wildman–Crippen LogP) is 2.20. The second-order valence-corrected chi connectivity index (χ2v) is 8.05. The van der Waals surface area contributed by atoms with Gasteiger partial charge in [0.15, 0.2) is 11.5 Å². The number of hydrogen-bond acceptors (Lipinski definition) is 5. The number of benzene rings is 1. The molecule has 0 unspecified atom stereocenters. The smallest absolute Gasteiger partial charge is 0.395 e. The van der Waals surface area contributed by atoms with E-state index < -0.39 is 27.8 Å². The van der Waals surface area contributed by atoms with Crippen molar-refractivity contribution in [1.82, 2.24) is 4.72 Å². The molecule has 1 aromatic rings. The molecule has 1 saturated carbocycles. The van der Waals surface area contributed by atoms with Crippen molar-refractivity contribution >= 4 is 21.6 Å². The van der Waals surface area contributed by atoms with Crippen LogP contribution in [0.15, 0.2) is 18.2 Å². The third kappa shape index (κ3) is 4.01. The molecule has 2 aliphatic rings. The molecule has 2 N–H and O–H groups in total. The zero-order valence-electron chi connectivity index (χ0n) is 13.5. The van der Waals surface area contributed by atoms with E-state index in [2.05, 4.69) is 19.5 Å². The topological polar surface area (TPSA) is 93.7 Å². The lowest BCUT2D eigenvalue weighted by atomic mass is 9.82. The van der Waals surface area contributed by atoms with Crippen LogP contribution in [0.5, 0.6) is 11.5 Å². The van der Waals surface area contributed by atoms with Crippen molar-refractivity contribution in [2.24, 2.45) is 0 Å². The number of carbonyl (C=O) groups excluding carboxylic acids is 1. The summed E-state index contributed by atoms with van der Waals surface area (Å²) in [6, 6.07) is 3.85. The van der Waals surface area contributed by atoms with E-state index in [0.717, 1.165) is 12.7 Å². The molecule has 1 aliphatic carbocycles. The molecule has 0 saturated heterocycles. The number of halogens is 2. The monoisotopic (exact) mass is 376 g/mol. The standard InChI is InChI=1S/C15H18F2N2O5S/c1-25(21,22)19-14(7-3-2-4-8-14)13(20)18-10-5-6-11-12(9-10)24-15(16,17)23-11/h5-6,9,19H,2-4,7-8H2,1H3,(H,18,20). The lowest BCUT2D eigenvalue weighted by Crippen LogP contribution is -2.57. The van der Waals surface area contributed by atoms with E-state index in [0.29, 0.717) is 25.7 Å². The molecule has 1 fully saturated rings. The number of fused-ring (bicyclic) bond motifs is 1. The summed E-state index contributed by atoms with van der Waals surface area (Å²) in [4.78, 5) is 12.7. The first kappa shape index (κ1) is 17.9. The molecular weight excluding hydrogens is 358 g/mol. The van der Waals surface area contributed by atoms with Crippen LogP contribution in [0.1, 0.15) is 32.1 Å². The highest BCUT2D eigenvalue weighted by atomic mass is 32.2. The van der Waals surface area contributed by atoms with Crippen molar-refractivity contribution in [3.63, 3.8) is 0 Å². The van der Waals surface area contributed by atoms with Crippen LogP contribution in [-0.4, -0.2) is 32.4 Å². The van der Waals surface area contributed by atoms with Crippen LogP contribution in [0.4, 0.5) is 14.5 Å². The maximum Gasteiger partial charge on any atom is 0.586 e. The number of carbonyl (C=O) groups is 1. The Morgan fingerprint density at radius 2 is 1.76 bits per heavy atom. The Balaban J connectivity index is 1.80. The Labute approximate surface area is 143 Å². The highest BCUT2D eigenvalue weighted by Crippen LogP contribution is 2.42. The molecule has 0 atom stereocenters. The van der Waals surface area contributed by atoms with E-state index >= 15 is 0 Å². The van der Waals surface area contributed by atoms with Crippen LogP contribution in [0, 0.1) is 0 Å². The third-order valence-electron chi connectivity index (χ3n) is 4.18. The van der Waals surface area contributed by atoms with Crippen molar-refractivity contribution in [2.75, 3.05) is 11.6 Å². The average Bonchev–Trinajstić information content (AvgIpc) is 2.79. The van der Waals surface area contributed by atoms with Gasteiger partial charge in [-0.2, -0.15) is 4.72 Å². The SMILES string of the molecule is CS(=O)(=O)NC1(C(=O)Nc2ccc3c(c2)OC(F)(F)O3)CCCCC1. The van der Waals surface area contributed by atoms with Crippen LogP contribution in [0.2, 0.25) is 0 Å². The highest BCUT2D eigenvalue weighted by molar-refractivity contribution is 7.88. The molecule has 1 aliphatic heterocycles. The molecule has 25 heavy (non-hydrogen) atoms. The van der Waals surface area contributed by atoms with Crippen LogP contribution < -0.4 is 19.5 Å². The summed E-state index contributed by atoms with van der Waals surface area (Å²) in [6.45, 7) is 0. The van der Waals surface area contributed by atoms with Gasteiger partial charge < -0.3 is 14.8 Å². The second kappa shape index (κ2) is 6.10. The van der Waals surface area contributed by atoms with Gasteiger partial charge in [-0.25, -0.2) is 8.42 Å². The number of hydrogen-bond donors (Lipinski definition) is 2. The summed E-state index contributed by atoms with van der Waals surface area (Å²) < 4.78 is 60.6. The number of sulfonamides is 1. The van der Waals surface area contributed by atoms with Gasteiger partial charge in [-0.1, -0.05) is 19.3 Å². The van der Waals surface area contributed by atoms with Gasteiger partial charge in [0.1, 0.15) is 5.54 Å².